The Bertz CT molecular complexity index is 1410. The highest BCUT2D eigenvalue weighted by atomic mass is 35.5. The molecule has 10 heteroatoms. The Hall–Kier alpha value is -3.43. The summed E-state index contributed by atoms with van der Waals surface area (Å²) in [4.78, 5) is 28.5. The minimum Gasteiger partial charge on any atom is -0.352 e. The topological polar surface area (TPSA) is 86.8 Å². The number of anilines is 1. The van der Waals surface area contributed by atoms with Crippen LogP contribution in [0.25, 0.3) is 0 Å². The van der Waals surface area contributed by atoms with E-state index in [0.717, 1.165) is 36.4 Å². The SMILES string of the molecule is C[C@H](C(=O)NC1CCCCC1)N(Cc1ccccc1F)C(=O)CN(c1ccc(Cl)cc1)S(=O)(=O)c1ccccc1. The van der Waals surface area contributed by atoms with Gasteiger partial charge in [-0.25, -0.2) is 12.8 Å². The van der Waals surface area contributed by atoms with Crippen LogP contribution in [0.3, 0.4) is 0 Å². The van der Waals surface area contributed by atoms with Gasteiger partial charge in [0.15, 0.2) is 0 Å². The molecule has 0 unspecified atom stereocenters. The summed E-state index contributed by atoms with van der Waals surface area (Å²) in [7, 11) is -4.18. The van der Waals surface area contributed by atoms with Crippen LogP contribution in [0.2, 0.25) is 5.02 Å². The van der Waals surface area contributed by atoms with E-state index < -0.39 is 34.3 Å². The highest BCUT2D eigenvalue weighted by Gasteiger charge is 2.33. The second-order valence-corrected chi connectivity index (χ2v) is 12.2. The number of sulfonamides is 1. The predicted molar refractivity (Wildman–Crippen MR) is 154 cm³/mol. The maximum absolute atomic E-state index is 14.7. The number of nitrogens with zero attached hydrogens (tertiary/aromatic N) is 2. The quantitative estimate of drug-likeness (QED) is 0.338. The molecule has 0 bridgehead atoms. The first-order chi connectivity index (χ1) is 19.2. The number of nitrogens with one attached hydrogen (secondary N) is 1. The molecule has 1 atom stereocenters. The number of hydrogen-bond donors (Lipinski definition) is 1. The van der Waals surface area contributed by atoms with Crippen LogP contribution in [-0.4, -0.2) is 43.8 Å². The Morgan fingerprint density at radius 3 is 2.23 bits per heavy atom. The van der Waals surface area contributed by atoms with Crippen LogP contribution in [0.4, 0.5) is 10.1 Å². The third-order valence-electron chi connectivity index (χ3n) is 7.14. The minimum absolute atomic E-state index is 0.00138. The molecule has 40 heavy (non-hydrogen) atoms. The van der Waals surface area contributed by atoms with E-state index in [9.17, 15) is 22.4 Å². The Balaban J connectivity index is 1.67. The Kier molecular flexibility index (Phi) is 9.81. The zero-order chi connectivity index (χ0) is 28.7. The smallest absolute Gasteiger partial charge is 0.264 e. The van der Waals surface area contributed by atoms with Gasteiger partial charge in [0, 0.05) is 23.2 Å². The Morgan fingerprint density at radius 1 is 0.950 bits per heavy atom. The minimum atomic E-state index is -4.18. The lowest BCUT2D eigenvalue weighted by atomic mass is 9.95. The van der Waals surface area contributed by atoms with E-state index in [2.05, 4.69) is 5.32 Å². The maximum Gasteiger partial charge on any atom is 0.264 e. The van der Waals surface area contributed by atoms with E-state index in [4.69, 9.17) is 11.6 Å². The molecular weight excluding hydrogens is 553 g/mol. The van der Waals surface area contributed by atoms with Crippen molar-refractivity contribution in [1.29, 1.82) is 0 Å². The van der Waals surface area contributed by atoms with Crippen LogP contribution in [0, 0.1) is 5.82 Å². The summed E-state index contributed by atoms with van der Waals surface area (Å²) in [5, 5.41) is 3.43. The molecule has 1 fully saturated rings. The van der Waals surface area contributed by atoms with Crippen LogP contribution < -0.4 is 9.62 Å². The number of hydrogen-bond acceptors (Lipinski definition) is 4. The van der Waals surface area contributed by atoms with Crippen molar-refractivity contribution in [2.75, 3.05) is 10.8 Å². The van der Waals surface area contributed by atoms with Gasteiger partial charge in [-0.2, -0.15) is 0 Å². The van der Waals surface area contributed by atoms with E-state index in [0.29, 0.717) is 5.02 Å². The van der Waals surface area contributed by atoms with E-state index >= 15 is 0 Å². The van der Waals surface area contributed by atoms with Gasteiger partial charge in [0.25, 0.3) is 10.0 Å². The molecule has 3 aromatic carbocycles. The van der Waals surface area contributed by atoms with Crippen molar-refractivity contribution in [3.8, 4) is 0 Å². The van der Waals surface area contributed by atoms with Gasteiger partial charge >= 0.3 is 0 Å². The standard InChI is InChI=1S/C30H33ClFN3O4S/c1-22(30(37)33-25-11-4-2-5-12-25)34(20-23-10-8-9-15-28(23)32)29(36)21-35(26-18-16-24(31)17-19-26)40(38,39)27-13-6-3-7-14-27/h3,6-10,13-19,22,25H,2,4-5,11-12,20-21H2,1H3,(H,33,37)/t22-/m1/s1. The van der Waals surface area contributed by atoms with E-state index in [1.807, 2.05) is 0 Å². The van der Waals surface area contributed by atoms with Gasteiger partial charge in [-0.05, 0) is 62.2 Å². The summed E-state index contributed by atoms with van der Waals surface area (Å²) < 4.78 is 43.1. The van der Waals surface area contributed by atoms with E-state index in [1.165, 1.54) is 47.4 Å². The van der Waals surface area contributed by atoms with Crippen molar-refractivity contribution in [1.82, 2.24) is 10.2 Å². The van der Waals surface area contributed by atoms with Crippen LogP contribution in [-0.2, 0) is 26.2 Å². The van der Waals surface area contributed by atoms with Crippen molar-refractivity contribution in [3.63, 3.8) is 0 Å². The molecule has 0 aromatic heterocycles. The van der Waals surface area contributed by atoms with Gasteiger partial charge in [0.05, 0.1) is 10.6 Å². The highest BCUT2D eigenvalue weighted by molar-refractivity contribution is 7.92. The lowest BCUT2D eigenvalue weighted by Crippen LogP contribution is -2.53. The second kappa shape index (κ2) is 13.3. The molecular formula is C30H33ClFN3O4S. The predicted octanol–water partition coefficient (Wildman–Crippen LogP) is 5.54. The average Bonchev–Trinajstić information content (AvgIpc) is 2.96. The van der Waals surface area contributed by atoms with Crippen molar-refractivity contribution in [3.05, 3.63) is 95.3 Å². The molecule has 1 N–H and O–H groups in total. The number of carbonyl (C=O) groups is 2. The zero-order valence-corrected chi connectivity index (χ0v) is 23.9. The molecule has 3 aromatic rings. The fourth-order valence-electron chi connectivity index (χ4n) is 4.82. The molecule has 1 aliphatic carbocycles. The van der Waals surface area contributed by atoms with Crippen LogP contribution in [0.1, 0.15) is 44.6 Å². The lowest BCUT2D eigenvalue weighted by Gasteiger charge is -2.33. The van der Waals surface area contributed by atoms with Gasteiger partial charge in [0.2, 0.25) is 11.8 Å². The summed E-state index contributed by atoms with van der Waals surface area (Å²) in [6, 6.07) is 18.9. The lowest BCUT2D eigenvalue weighted by molar-refractivity contribution is -0.139. The van der Waals surface area contributed by atoms with Crippen LogP contribution in [0.5, 0.6) is 0 Å². The molecule has 0 spiro atoms. The third kappa shape index (κ3) is 7.20. The summed E-state index contributed by atoms with van der Waals surface area (Å²) in [5.74, 6) is -1.53. The van der Waals surface area contributed by atoms with Crippen molar-refractivity contribution < 1.29 is 22.4 Å². The normalized spacial score (nSPS) is 14.8. The maximum atomic E-state index is 14.7. The summed E-state index contributed by atoms with van der Waals surface area (Å²) in [6.07, 6.45) is 4.88. The third-order valence-corrected chi connectivity index (χ3v) is 9.18. The van der Waals surface area contributed by atoms with Gasteiger partial charge in [-0.1, -0.05) is 67.3 Å². The molecule has 1 saturated carbocycles. The number of carbonyl (C=O) groups excluding carboxylic acids is 2. The molecule has 212 valence electrons. The Morgan fingerprint density at radius 2 is 1.57 bits per heavy atom. The van der Waals surface area contributed by atoms with Crippen LogP contribution in [0.15, 0.2) is 83.8 Å². The van der Waals surface area contributed by atoms with Crippen molar-refractivity contribution >= 4 is 39.1 Å². The van der Waals surface area contributed by atoms with Crippen LogP contribution >= 0.6 is 11.6 Å². The fraction of sp³-hybridized carbons (Fsp3) is 0.333. The fourth-order valence-corrected chi connectivity index (χ4v) is 6.38. The molecule has 0 radical (unpaired) electrons. The average molecular weight is 586 g/mol. The number of amides is 2. The van der Waals surface area contributed by atoms with Gasteiger partial charge in [-0.3, -0.25) is 13.9 Å². The molecule has 1 aliphatic rings. The van der Waals surface area contributed by atoms with Gasteiger partial charge < -0.3 is 10.2 Å². The number of benzene rings is 3. The monoisotopic (exact) mass is 585 g/mol. The summed E-state index contributed by atoms with van der Waals surface area (Å²) in [6.45, 7) is 0.772. The number of halogens is 2. The highest BCUT2D eigenvalue weighted by Crippen LogP contribution is 2.26. The van der Waals surface area contributed by atoms with E-state index in [-0.39, 0.29) is 34.6 Å². The first-order valence-electron chi connectivity index (χ1n) is 13.3. The molecule has 0 saturated heterocycles. The van der Waals surface area contributed by atoms with Crippen molar-refractivity contribution in [2.45, 2.75) is 62.6 Å². The molecule has 7 nitrogen and oxygen atoms in total. The second-order valence-electron chi connectivity index (χ2n) is 9.93. The van der Waals surface area contributed by atoms with Crippen molar-refractivity contribution in [2.24, 2.45) is 0 Å². The van der Waals surface area contributed by atoms with E-state index in [1.54, 1.807) is 43.3 Å². The molecule has 2 amide bonds. The summed E-state index contributed by atoms with van der Waals surface area (Å²) in [5.41, 5.74) is 0.448. The Labute approximate surface area is 240 Å². The van der Waals surface area contributed by atoms with Gasteiger partial charge in [-0.15, -0.1) is 0 Å². The first kappa shape index (κ1) is 29.6. The van der Waals surface area contributed by atoms with Gasteiger partial charge in [0.1, 0.15) is 18.4 Å². The molecule has 0 heterocycles. The molecule has 0 aliphatic heterocycles. The largest absolute Gasteiger partial charge is 0.352 e. The summed E-state index contributed by atoms with van der Waals surface area (Å²) >= 11 is 6.04. The number of rotatable bonds is 10. The first-order valence-corrected chi connectivity index (χ1v) is 15.1. The zero-order valence-electron chi connectivity index (χ0n) is 22.3. The molecule has 4 rings (SSSR count).